The molecule has 10 N–H and O–H groups in total. The second kappa shape index (κ2) is 18.9. The van der Waals surface area contributed by atoms with Gasteiger partial charge in [-0.2, -0.15) is 0 Å². The fourth-order valence-electron chi connectivity index (χ4n) is 3.46. The van der Waals surface area contributed by atoms with E-state index in [9.17, 15) is 0 Å². The summed E-state index contributed by atoms with van der Waals surface area (Å²) < 4.78 is 0. The highest BCUT2D eigenvalue weighted by molar-refractivity contribution is 5.97. The Balaban J connectivity index is 4.07. The van der Waals surface area contributed by atoms with E-state index in [1.807, 2.05) is 0 Å². The predicted octanol–water partition coefficient (Wildman–Crippen LogP) is 2.63. The number of guanidine groups is 4. The van der Waals surface area contributed by atoms with E-state index in [4.69, 9.17) is 22.9 Å². The van der Waals surface area contributed by atoms with Crippen molar-refractivity contribution in [1.82, 2.24) is 10.6 Å². The molecule has 0 radical (unpaired) electrons. The molecule has 0 bridgehead atoms. The molecular weight excluding hydrogens is 428 g/mol. The summed E-state index contributed by atoms with van der Waals surface area (Å²) in [6.07, 6.45) is 8.21. The van der Waals surface area contributed by atoms with Gasteiger partial charge in [0.15, 0.2) is 23.8 Å². The van der Waals surface area contributed by atoms with Gasteiger partial charge in [-0.15, -0.1) is 0 Å². The Hall–Kier alpha value is -2.52. The lowest BCUT2D eigenvalue weighted by Crippen LogP contribution is -2.42. The molecular formula is C24H52N10. The third-order valence-corrected chi connectivity index (χ3v) is 5.74. The molecule has 0 heterocycles. The molecule has 10 heteroatoms. The van der Waals surface area contributed by atoms with Crippen LogP contribution in [0.2, 0.25) is 0 Å². The first kappa shape index (κ1) is 31.5. The van der Waals surface area contributed by atoms with Crippen LogP contribution >= 0.6 is 0 Å². The van der Waals surface area contributed by atoms with Crippen molar-refractivity contribution in [3.05, 3.63) is 0 Å². The molecule has 0 saturated heterocycles. The maximum absolute atomic E-state index is 5.92. The lowest BCUT2D eigenvalue weighted by molar-refractivity contribution is 0.470. The first-order chi connectivity index (χ1) is 16.1. The Labute approximate surface area is 207 Å². The van der Waals surface area contributed by atoms with Crippen LogP contribution in [0.25, 0.3) is 0 Å². The molecule has 34 heavy (non-hydrogen) atoms. The Morgan fingerprint density at radius 2 is 0.941 bits per heavy atom. The summed E-state index contributed by atoms with van der Waals surface area (Å²) in [4.78, 5) is 17.5. The van der Waals surface area contributed by atoms with Gasteiger partial charge in [-0.05, 0) is 51.4 Å². The van der Waals surface area contributed by atoms with Crippen molar-refractivity contribution >= 4 is 23.8 Å². The summed E-state index contributed by atoms with van der Waals surface area (Å²) in [5.74, 6) is 2.48. The van der Waals surface area contributed by atoms with Crippen LogP contribution in [-0.4, -0.2) is 49.0 Å². The van der Waals surface area contributed by atoms with Crippen molar-refractivity contribution in [2.75, 3.05) is 13.1 Å². The average molecular weight is 481 g/mol. The van der Waals surface area contributed by atoms with E-state index in [2.05, 4.69) is 72.1 Å². The van der Waals surface area contributed by atoms with E-state index in [0.717, 1.165) is 51.4 Å². The van der Waals surface area contributed by atoms with Crippen LogP contribution in [0.4, 0.5) is 0 Å². The summed E-state index contributed by atoms with van der Waals surface area (Å²) in [6, 6.07) is 0.313. The van der Waals surface area contributed by atoms with Gasteiger partial charge in [-0.25, -0.2) is 0 Å². The molecule has 0 rings (SSSR count). The van der Waals surface area contributed by atoms with Crippen LogP contribution in [0, 0.1) is 11.8 Å². The first-order valence-electron chi connectivity index (χ1n) is 12.9. The Bertz CT molecular complexity index is 600. The summed E-state index contributed by atoms with van der Waals surface area (Å²) in [6.45, 7) is 14.2. The number of rotatable bonds is 15. The molecule has 0 aromatic heterocycles. The minimum Gasteiger partial charge on any atom is -0.370 e. The molecule has 0 aliphatic heterocycles. The van der Waals surface area contributed by atoms with Crippen LogP contribution < -0.4 is 33.6 Å². The highest BCUT2D eigenvalue weighted by Crippen LogP contribution is 2.12. The van der Waals surface area contributed by atoms with E-state index in [0.29, 0.717) is 48.8 Å². The minimum atomic E-state index is 0.157. The molecule has 0 spiro atoms. The van der Waals surface area contributed by atoms with Gasteiger partial charge >= 0.3 is 0 Å². The topological polar surface area (TPSA) is 178 Å². The molecule has 4 atom stereocenters. The molecule has 0 saturated carbocycles. The van der Waals surface area contributed by atoms with Gasteiger partial charge in [0.25, 0.3) is 0 Å². The maximum Gasteiger partial charge on any atom is 0.195 e. The molecule has 0 aromatic carbocycles. The zero-order valence-corrected chi connectivity index (χ0v) is 22.5. The number of aliphatic imine (C=N–C) groups is 4. The molecule has 0 aromatic rings. The van der Waals surface area contributed by atoms with Crippen LogP contribution in [0.15, 0.2) is 20.0 Å². The van der Waals surface area contributed by atoms with Gasteiger partial charge in [-0.3, -0.25) is 30.6 Å². The van der Waals surface area contributed by atoms with Crippen LogP contribution in [0.1, 0.15) is 92.9 Å². The quantitative estimate of drug-likeness (QED) is 0.119. The van der Waals surface area contributed by atoms with Crippen molar-refractivity contribution in [3.8, 4) is 0 Å². The maximum atomic E-state index is 5.92. The minimum absolute atomic E-state index is 0.157. The molecule has 0 aliphatic carbocycles. The van der Waals surface area contributed by atoms with Crippen molar-refractivity contribution in [3.63, 3.8) is 0 Å². The zero-order valence-electron chi connectivity index (χ0n) is 22.5. The van der Waals surface area contributed by atoms with E-state index < -0.39 is 0 Å². The van der Waals surface area contributed by atoms with E-state index in [-0.39, 0.29) is 12.1 Å². The SMILES string of the molecule is CCC(C)CC(C)N=C(N)NC(N)=NCCCCCCN=C(N)NC(N)=NC(C)CC(C)CC. The second-order valence-corrected chi connectivity index (χ2v) is 9.42. The standard InChI is InChI=1S/C24H52N10/c1-7-17(3)15-19(5)31-23(27)33-21(25)29-13-11-9-10-12-14-30-22(26)34-24(28)32-20(6)16-18(4)8-2/h17-20H,7-16H2,1-6H3,(H5,25,27,29,31,33)(H5,26,28,30,32,34). The summed E-state index contributed by atoms with van der Waals surface area (Å²) in [5.41, 5.74) is 23.6. The third kappa shape index (κ3) is 18.0. The van der Waals surface area contributed by atoms with Gasteiger partial charge in [0.2, 0.25) is 0 Å². The molecule has 0 amide bonds. The van der Waals surface area contributed by atoms with E-state index in [1.165, 1.54) is 0 Å². The summed E-state index contributed by atoms with van der Waals surface area (Å²) >= 11 is 0. The molecule has 198 valence electrons. The molecule has 0 fully saturated rings. The number of nitrogens with one attached hydrogen (secondary N) is 2. The van der Waals surface area contributed by atoms with Gasteiger partial charge in [0.05, 0.1) is 12.1 Å². The van der Waals surface area contributed by atoms with Gasteiger partial charge in [0.1, 0.15) is 0 Å². The van der Waals surface area contributed by atoms with Crippen molar-refractivity contribution in [2.24, 2.45) is 54.7 Å². The van der Waals surface area contributed by atoms with Gasteiger partial charge in [0, 0.05) is 13.1 Å². The van der Waals surface area contributed by atoms with Crippen LogP contribution in [-0.2, 0) is 0 Å². The van der Waals surface area contributed by atoms with Crippen molar-refractivity contribution in [1.29, 1.82) is 0 Å². The Morgan fingerprint density at radius 3 is 1.26 bits per heavy atom. The van der Waals surface area contributed by atoms with E-state index >= 15 is 0 Å². The average Bonchev–Trinajstić information content (AvgIpc) is 2.74. The monoisotopic (exact) mass is 480 g/mol. The predicted molar refractivity (Wildman–Crippen MR) is 148 cm³/mol. The van der Waals surface area contributed by atoms with E-state index in [1.54, 1.807) is 0 Å². The normalized spacial score (nSPS) is 17.2. The van der Waals surface area contributed by atoms with Crippen molar-refractivity contribution < 1.29 is 0 Å². The Kier molecular flexibility index (Phi) is 17.5. The van der Waals surface area contributed by atoms with Crippen molar-refractivity contribution in [2.45, 2.75) is 105 Å². The largest absolute Gasteiger partial charge is 0.370 e. The fraction of sp³-hybridized carbons (Fsp3) is 0.833. The lowest BCUT2D eigenvalue weighted by atomic mass is 10.0. The Morgan fingerprint density at radius 1 is 0.588 bits per heavy atom. The molecule has 4 unspecified atom stereocenters. The number of nitrogens with two attached hydrogens (primary N) is 4. The summed E-state index contributed by atoms with van der Waals surface area (Å²) in [7, 11) is 0. The van der Waals surface area contributed by atoms with Crippen LogP contribution in [0.3, 0.4) is 0 Å². The number of nitrogens with zero attached hydrogens (tertiary/aromatic N) is 4. The fourth-order valence-corrected chi connectivity index (χ4v) is 3.46. The second-order valence-electron chi connectivity index (χ2n) is 9.42. The third-order valence-electron chi connectivity index (χ3n) is 5.74. The number of unbranched alkanes of at least 4 members (excludes halogenated alkanes) is 3. The van der Waals surface area contributed by atoms with Gasteiger partial charge in [-0.1, -0.05) is 53.4 Å². The van der Waals surface area contributed by atoms with Crippen LogP contribution in [0.5, 0.6) is 0 Å². The molecule has 0 aliphatic rings. The summed E-state index contributed by atoms with van der Waals surface area (Å²) in [5, 5.41) is 5.72. The lowest BCUT2D eigenvalue weighted by Gasteiger charge is -2.13. The zero-order chi connectivity index (χ0) is 25.9. The number of hydrogen-bond acceptors (Lipinski definition) is 4. The highest BCUT2D eigenvalue weighted by Gasteiger charge is 2.08. The molecule has 10 nitrogen and oxygen atoms in total. The first-order valence-corrected chi connectivity index (χ1v) is 12.9. The highest BCUT2D eigenvalue weighted by atomic mass is 15.2. The smallest absolute Gasteiger partial charge is 0.195 e. The van der Waals surface area contributed by atoms with Gasteiger partial charge < -0.3 is 22.9 Å². The number of hydrogen-bond donors (Lipinski definition) is 6.